The highest BCUT2D eigenvalue weighted by atomic mass is 32.1. The van der Waals surface area contributed by atoms with E-state index in [1.54, 1.807) is 11.3 Å². The van der Waals surface area contributed by atoms with Gasteiger partial charge in [-0.25, -0.2) is 0 Å². The van der Waals surface area contributed by atoms with Crippen molar-refractivity contribution in [2.45, 2.75) is 38.8 Å². The Morgan fingerprint density at radius 1 is 1.55 bits per heavy atom. The molecule has 1 amide bonds. The zero-order chi connectivity index (χ0) is 14.2. The predicted molar refractivity (Wildman–Crippen MR) is 83.9 cm³/mol. The molecule has 112 valence electrons. The van der Waals surface area contributed by atoms with Gasteiger partial charge in [0, 0.05) is 17.5 Å². The molecule has 2 N–H and O–H groups in total. The minimum absolute atomic E-state index is 0.121. The number of amides is 1. The molecule has 2 heterocycles. The first-order chi connectivity index (χ1) is 9.78. The fraction of sp³-hybridized carbons (Fsp3) is 0.667. The molecule has 2 rings (SSSR count). The standard InChI is InChI=1S/C15H25N3OS/c1-2-18(11-13-6-3-4-8-16-13)12-15(19)17-10-14-7-5-9-20-14/h5,7,9,13,16H,2-4,6,8,10-12H2,1H3,(H,17,19). The van der Waals surface area contributed by atoms with Gasteiger partial charge in [-0.2, -0.15) is 0 Å². The van der Waals surface area contributed by atoms with Crippen LogP contribution in [0.3, 0.4) is 0 Å². The molecule has 0 bridgehead atoms. The number of nitrogens with one attached hydrogen (secondary N) is 2. The Kier molecular flexibility index (Phi) is 6.50. The summed E-state index contributed by atoms with van der Waals surface area (Å²) in [7, 11) is 0. The van der Waals surface area contributed by atoms with Crippen LogP contribution in [-0.4, -0.2) is 43.0 Å². The molecule has 1 aliphatic heterocycles. The van der Waals surface area contributed by atoms with E-state index in [0.29, 0.717) is 19.1 Å². The SMILES string of the molecule is CCN(CC(=O)NCc1cccs1)CC1CCCCN1. The van der Waals surface area contributed by atoms with E-state index in [9.17, 15) is 4.79 Å². The lowest BCUT2D eigenvalue weighted by atomic mass is 10.0. The molecule has 1 fully saturated rings. The smallest absolute Gasteiger partial charge is 0.234 e. The third-order valence-electron chi connectivity index (χ3n) is 3.75. The number of hydrogen-bond acceptors (Lipinski definition) is 4. The van der Waals surface area contributed by atoms with E-state index in [-0.39, 0.29) is 5.91 Å². The first-order valence-electron chi connectivity index (χ1n) is 7.52. The zero-order valence-electron chi connectivity index (χ0n) is 12.2. The minimum Gasteiger partial charge on any atom is -0.350 e. The van der Waals surface area contributed by atoms with Crippen molar-refractivity contribution in [1.29, 1.82) is 0 Å². The fourth-order valence-corrected chi connectivity index (χ4v) is 3.20. The Balaban J connectivity index is 1.69. The predicted octanol–water partition coefficient (Wildman–Crippen LogP) is 1.83. The summed E-state index contributed by atoms with van der Waals surface area (Å²) in [5.74, 6) is 0.121. The van der Waals surface area contributed by atoms with Crippen LogP contribution >= 0.6 is 11.3 Å². The van der Waals surface area contributed by atoms with Crippen molar-refractivity contribution >= 4 is 17.2 Å². The van der Waals surface area contributed by atoms with Crippen LogP contribution in [0.1, 0.15) is 31.1 Å². The average Bonchev–Trinajstić information content (AvgIpc) is 2.99. The van der Waals surface area contributed by atoms with Crippen molar-refractivity contribution in [2.24, 2.45) is 0 Å². The molecule has 0 saturated carbocycles. The number of thiophene rings is 1. The third-order valence-corrected chi connectivity index (χ3v) is 4.62. The molecule has 1 aliphatic rings. The van der Waals surface area contributed by atoms with Crippen LogP contribution in [0.15, 0.2) is 17.5 Å². The lowest BCUT2D eigenvalue weighted by Gasteiger charge is -2.29. The molecule has 20 heavy (non-hydrogen) atoms. The van der Waals surface area contributed by atoms with Gasteiger partial charge in [0.25, 0.3) is 0 Å². The number of rotatable bonds is 7. The van der Waals surface area contributed by atoms with Crippen LogP contribution in [0, 0.1) is 0 Å². The molecule has 1 saturated heterocycles. The van der Waals surface area contributed by atoms with Crippen LogP contribution in [0.2, 0.25) is 0 Å². The van der Waals surface area contributed by atoms with Gasteiger partial charge in [-0.15, -0.1) is 11.3 Å². The van der Waals surface area contributed by atoms with Crippen molar-refractivity contribution in [2.75, 3.05) is 26.2 Å². The molecule has 4 nitrogen and oxygen atoms in total. The molecule has 0 spiro atoms. The lowest BCUT2D eigenvalue weighted by molar-refractivity contribution is -0.122. The second kappa shape index (κ2) is 8.39. The number of carbonyl (C=O) groups excluding carboxylic acids is 1. The quantitative estimate of drug-likeness (QED) is 0.806. The Morgan fingerprint density at radius 2 is 2.45 bits per heavy atom. The lowest BCUT2D eigenvalue weighted by Crippen LogP contribution is -2.46. The Bertz CT molecular complexity index is 388. The Labute approximate surface area is 125 Å². The maximum absolute atomic E-state index is 12.0. The number of likely N-dealkylation sites (N-methyl/N-ethyl adjacent to an activating group) is 1. The molecule has 0 aliphatic carbocycles. The second-order valence-corrected chi connectivity index (χ2v) is 6.36. The highest BCUT2D eigenvalue weighted by Crippen LogP contribution is 2.09. The van der Waals surface area contributed by atoms with E-state index in [2.05, 4.69) is 28.5 Å². The number of nitrogens with zero attached hydrogens (tertiary/aromatic N) is 1. The highest BCUT2D eigenvalue weighted by molar-refractivity contribution is 7.09. The Morgan fingerprint density at radius 3 is 3.10 bits per heavy atom. The van der Waals surface area contributed by atoms with E-state index < -0.39 is 0 Å². The van der Waals surface area contributed by atoms with Crippen molar-refractivity contribution in [1.82, 2.24) is 15.5 Å². The molecule has 1 aromatic heterocycles. The van der Waals surface area contributed by atoms with Gasteiger partial charge < -0.3 is 10.6 Å². The molecule has 1 unspecified atom stereocenters. The van der Waals surface area contributed by atoms with Gasteiger partial charge >= 0.3 is 0 Å². The van der Waals surface area contributed by atoms with Crippen molar-refractivity contribution < 1.29 is 4.79 Å². The van der Waals surface area contributed by atoms with Crippen LogP contribution in [0.5, 0.6) is 0 Å². The fourth-order valence-electron chi connectivity index (χ4n) is 2.55. The van der Waals surface area contributed by atoms with Crippen LogP contribution in [-0.2, 0) is 11.3 Å². The summed E-state index contributed by atoms with van der Waals surface area (Å²) in [5, 5.41) is 8.57. The summed E-state index contributed by atoms with van der Waals surface area (Å²) in [6, 6.07) is 4.61. The van der Waals surface area contributed by atoms with Gasteiger partial charge in [0.1, 0.15) is 0 Å². The molecule has 0 radical (unpaired) electrons. The van der Waals surface area contributed by atoms with Crippen molar-refractivity contribution in [3.8, 4) is 0 Å². The minimum atomic E-state index is 0.121. The topological polar surface area (TPSA) is 44.4 Å². The van der Waals surface area contributed by atoms with Crippen LogP contribution in [0.25, 0.3) is 0 Å². The second-order valence-electron chi connectivity index (χ2n) is 5.33. The summed E-state index contributed by atoms with van der Waals surface area (Å²) in [4.78, 5) is 15.4. The maximum atomic E-state index is 12.0. The summed E-state index contributed by atoms with van der Waals surface area (Å²) in [6.45, 7) is 6.28. The molecule has 1 aromatic rings. The molecular weight excluding hydrogens is 270 g/mol. The van der Waals surface area contributed by atoms with Crippen molar-refractivity contribution in [3.63, 3.8) is 0 Å². The zero-order valence-corrected chi connectivity index (χ0v) is 13.0. The number of piperidine rings is 1. The molecule has 5 heteroatoms. The van der Waals surface area contributed by atoms with Gasteiger partial charge in [-0.3, -0.25) is 9.69 Å². The normalized spacial score (nSPS) is 19.2. The van der Waals surface area contributed by atoms with E-state index in [1.807, 2.05) is 11.4 Å². The summed E-state index contributed by atoms with van der Waals surface area (Å²) < 4.78 is 0. The van der Waals surface area contributed by atoms with Gasteiger partial charge in [0.15, 0.2) is 0 Å². The van der Waals surface area contributed by atoms with Gasteiger partial charge in [0.2, 0.25) is 5.91 Å². The summed E-state index contributed by atoms with van der Waals surface area (Å²) in [5.41, 5.74) is 0. The first-order valence-corrected chi connectivity index (χ1v) is 8.40. The Hall–Kier alpha value is -0.910. The van der Waals surface area contributed by atoms with E-state index in [4.69, 9.17) is 0 Å². The molecule has 1 atom stereocenters. The maximum Gasteiger partial charge on any atom is 0.234 e. The number of carbonyl (C=O) groups is 1. The van der Waals surface area contributed by atoms with Gasteiger partial charge in [-0.1, -0.05) is 19.4 Å². The van der Waals surface area contributed by atoms with Crippen molar-refractivity contribution in [3.05, 3.63) is 22.4 Å². The summed E-state index contributed by atoms with van der Waals surface area (Å²) >= 11 is 1.68. The monoisotopic (exact) mass is 295 g/mol. The largest absolute Gasteiger partial charge is 0.350 e. The highest BCUT2D eigenvalue weighted by Gasteiger charge is 2.17. The van der Waals surface area contributed by atoms with E-state index in [0.717, 1.165) is 19.6 Å². The average molecular weight is 295 g/mol. The molecular formula is C15H25N3OS. The van der Waals surface area contributed by atoms with Gasteiger partial charge in [-0.05, 0) is 37.4 Å². The van der Waals surface area contributed by atoms with Crippen LogP contribution < -0.4 is 10.6 Å². The first kappa shape index (κ1) is 15.5. The summed E-state index contributed by atoms with van der Waals surface area (Å²) in [6.07, 6.45) is 3.82. The van der Waals surface area contributed by atoms with E-state index >= 15 is 0 Å². The van der Waals surface area contributed by atoms with Crippen LogP contribution in [0.4, 0.5) is 0 Å². The third kappa shape index (κ3) is 5.23. The number of hydrogen-bond donors (Lipinski definition) is 2. The molecule has 0 aromatic carbocycles. The van der Waals surface area contributed by atoms with Gasteiger partial charge in [0.05, 0.1) is 13.1 Å². The van der Waals surface area contributed by atoms with E-state index in [1.165, 1.54) is 24.1 Å².